The Balaban J connectivity index is 3.06. The zero-order valence-electron chi connectivity index (χ0n) is 5.23. The van der Waals surface area contributed by atoms with Crippen molar-refractivity contribution in [3.63, 3.8) is 0 Å². The van der Waals surface area contributed by atoms with E-state index in [1.807, 2.05) is 13.8 Å². The van der Waals surface area contributed by atoms with Crippen LogP contribution in [0.4, 0.5) is 4.79 Å². The van der Waals surface area contributed by atoms with Crippen LogP contribution < -0.4 is 0 Å². The topological polar surface area (TPSA) is 26.3 Å². The summed E-state index contributed by atoms with van der Waals surface area (Å²) in [4.78, 5) is 10.5. The van der Waals surface area contributed by atoms with Crippen LogP contribution in [-0.4, -0.2) is 31.7 Å². The van der Waals surface area contributed by atoms with Gasteiger partial charge in [0.2, 0.25) is 0 Å². The molecule has 0 aromatic rings. The molecule has 0 unspecified atom stereocenters. The Bertz CT molecular complexity index is 64.8. The molecule has 0 spiro atoms. The fourth-order valence-electron chi connectivity index (χ4n) is 0.326. The van der Waals surface area contributed by atoms with E-state index >= 15 is 0 Å². The Kier molecular flexibility index (Phi) is 5.59. The molecule has 8 heavy (non-hydrogen) atoms. The summed E-state index contributed by atoms with van der Waals surface area (Å²) in [6.45, 7) is 4.41. The number of rotatable bonds is 3. The molecule has 2 radical (unpaired) electrons. The van der Waals surface area contributed by atoms with Gasteiger partial charge in [-0.1, -0.05) is 0 Å². The Morgan fingerprint density at radius 2 is 2.25 bits per heavy atom. The number of carbonyl (C=O) groups is 1. The van der Waals surface area contributed by atoms with Crippen LogP contribution in [0.25, 0.3) is 0 Å². The van der Waals surface area contributed by atoms with Crippen LogP contribution in [0.1, 0.15) is 13.8 Å². The van der Waals surface area contributed by atoms with Crippen molar-refractivity contribution in [1.29, 1.82) is 0 Å². The van der Waals surface area contributed by atoms with Gasteiger partial charge in [0, 0.05) is 0 Å². The molecule has 0 aromatic heterocycles. The molecule has 46 valence electrons. The minimum absolute atomic E-state index is 0.0820. The minimum atomic E-state index is -0.767. The van der Waals surface area contributed by atoms with Crippen molar-refractivity contribution < 1.29 is 9.53 Å². The standard InChI is InChI=1S/C3H5O2.C2H5.Sn/c1-2-5-3-4;1-2;/h2H2,1H3;1H2,2H3;. The van der Waals surface area contributed by atoms with Crippen LogP contribution in [0.2, 0.25) is 4.44 Å². The molecule has 2 nitrogen and oxygen atoms in total. The zero-order valence-corrected chi connectivity index (χ0v) is 8.08. The van der Waals surface area contributed by atoms with E-state index in [1.165, 1.54) is 0 Å². The van der Waals surface area contributed by atoms with Gasteiger partial charge < -0.3 is 0 Å². The molecule has 0 atom stereocenters. The van der Waals surface area contributed by atoms with Crippen molar-refractivity contribution in [3.05, 3.63) is 0 Å². The van der Waals surface area contributed by atoms with Crippen molar-refractivity contribution in [2.75, 3.05) is 6.61 Å². The van der Waals surface area contributed by atoms with Crippen molar-refractivity contribution in [2.24, 2.45) is 0 Å². The van der Waals surface area contributed by atoms with Crippen LogP contribution in [0.15, 0.2) is 0 Å². The first kappa shape index (κ1) is 8.27. The number of ether oxygens (including phenoxy) is 1. The molecule has 0 aliphatic heterocycles. The van der Waals surface area contributed by atoms with Gasteiger partial charge in [0.05, 0.1) is 0 Å². The number of carbonyl (C=O) groups excluding carboxylic acids is 1. The van der Waals surface area contributed by atoms with E-state index in [9.17, 15) is 4.79 Å². The van der Waals surface area contributed by atoms with E-state index in [2.05, 4.69) is 0 Å². The summed E-state index contributed by atoms with van der Waals surface area (Å²) in [5.74, 6) is 0. The molecule has 0 N–H and O–H groups in total. The van der Waals surface area contributed by atoms with Gasteiger partial charge in [0.1, 0.15) is 0 Å². The molecular formula is C5H10O2Sn. The fraction of sp³-hybridized carbons (Fsp3) is 0.800. The van der Waals surface area contributed by atoms with Gasteiger partial charge in [-0.05, 0) is 0 Å². The van der Waals surface area contributed by atoms with Crippen molar-refractivity contribution >= 4 is 25.1 Å². The van der Waals surface area contributed by atoms with Crippen LogP contribution in [0.3, 0.4) is 0 Å². The van der Waals surface area contributed by atoms with E-state index in [1.54, 1.807) is 0 Å². The molecule has 0 saturated carbocycles. The third kappa shape index (κ3) is 4.43. The van der Waals surface area contributed by atoms with Crippen LogP contribution in [0.5, 0.6) is 0 Å². The van der Waals surface area contributed by atoms with E-state index in [0.717, 1.165) is 4.44 Å². The first-order chi connectivity index (χ1) is 3.81. The normalized spacial score (nSPS) is 8.75. The summed E-state index contributed by atoms with van der Waals surface area (Å²) in [5, 5.41) is 0. The predicted molar refractivity (Wildman–Crippen MR) is 33.3 cm³/mol. The maximum absolute atomic E-state index is 10.5. The van der Waals surface area contributed by atoms with Crippen LogP contribution >= 0.6 is 0 Å². The van der Waals surface area contributed by atoms with Gasteiger partial charge in [-0.25, -0.2) is 0 Å². The molecule has 0 fully saturated rings. The molecule has 0 aliphatic rings. The summed E-state index contributed by atoms with van der Waals surface area (Å²) in [5.41, 5.74) is 0. The molecular weight excluding hydrogens is 211 g/mol. The van der Waals surface area contributed by atoms with E-state index in [0.29, 0.717) is 6.61 Å². The van der Waals surface area contributed by atoms with Gasteiger partial charge in [0.25, 0.3) is 0 Å². The van der Waals surface area contributed by atoms with Gasteiger partial charge in [-0.2, -0.15) is 0 Å². The first-order valence-electron chi connectivity index (χ1n) is 2.71. The first-order valence-corrected chi connectivity index (χ1v) is 6.16. The van der Waals surface area contributed by atoms with Crippen molar-refractivity contribution in [2.45, 2.75) is 18.3 Å². The Morgan fingerprint density at radius 1 is 1.62 bits per heavy atom. The van der Waals surface area contributed by atoms with Crippen molar-refractivity contribution in [3.8, 4) is 0 Å². The second kappa shape index (κ2) is 5.41. The number of hydrogen-bond donors (Lipinski definition) is 0. The molecule has 0 heterocycles. The summed E-state index contributed by atoms with van der Waals surface area (Å²) >= 11 is -0.767. The molecule has 0 aliphatic carbocycles. The summed E-state index contributed by atoms with van der Waals surface area (Å²) in [7, 11) is 0. The molecule has 0 aromatic carbocycles. The van der Waals surface area contributed by atoms with Gasteiger partial charge in [-0.15, -0.1) is 0 Å². The molecule has 0 amide bonds. The predicted octanol–water partition coefficient (Wildman–Crippen LogP) is 1.29. The molecule has 3 heteroatoms. The molecule has 0 saturated heterocycles. The third-order valence-corrected chi connectivity index (χ3v) is 2.84. The third-order valence-electron chi connectivity index (χ3n) is 0.597. The number of hydrogen-bond acceptors (Lipinski definition) is 2. The second-order valence-corrected chi connectivity index (χ2v) is 5.44. The van der Waals surface area contributed by atoms with E-state index in [-0.39, 0.29) is 3.99 Å². The van der Waals surface area contributed by atoms with Crippen molar-refractivity contribution in [1.82, 2.24) is 0 Å². The van der Waals surface area contributed by atoms with Gasteiger partial charge >= 0.3 is 59.5 Å². The average molecular weight is 221 g/mol. The Labute approximate surface area is 59.8 Å². The fourth-order valence-corrected chi connectivity index (χ4v) is 1.85. The SMILES string of the molecule is CCO[C](=O)[Sn][CH2]C. The molecule has 0 bridgehead atoms. The van der Waals surface area contributed by atoms with Gasteiger partial charge in [-0.3, -0.25) is 0 Å². The monoisotopic (exact) mass is 222 g/mol. The van der Waals surface area contributed by atoms with Crippen LogP contribution in [-0.2, 0) is 4.74 Å². The van der Waals surface area contributed by atoms with E-state index in [4.69, 9.17) is 4.74 Å². The molecule has 0 rings (SSSR count). The second-order valence-electron chi connectivity index (χ2n) is 1.25. The summed E-state index contributed by atoms with van der Waals surface area (Å²) in [6.07, 6.45) is 0. The van der Waals surface area contributed by atoms with Crippen LogP contribution in [0, 0.1) is 0 Å². The maximum atomic E-state index is 10.5. The van der Waals surface area contributed by atoms with Gasteiger partial charge in [0.15, 0.2) is 0 Å². The van der Waals surface area contributed by atoms with E-state index < -0.39 is 21.1 Å². The Morgan fingerprint density at radius 3 is 2.62 bits per heavy atom. The summed E-state index contributed by atoms with van der Waals surface area (Å²) in [6, 6.07) is 0. The average Bonchev–Trinajstić information content (AvgIpc) is 1.68. The Hall–Kier alpha value is 0.269. The summed E-state index contributed by atoms with van der Waals surface area (Å²) < 4.78 is 5.84. The quantitative estimate of drug-likeness (QED) is 0.671. The zero-order chi connectivity index (χ0) is 6.41.